The van der Waals surface area contributed by atoms with E-state index in [1.807, 2.05) is 0 Å². The molecule has 0 spiro atoms. The van der Waals surface area contributed by atoms with Crippen LogP contribution in [-0.2, 0) is 16.6 Å². The molecule has 136 valence electrons. The number of nitrogens with zero attached hydrogens (tertiary/aromatic N) is 3. The Morgan fingerprint density at radius 1 is 1.42 bits per heavy atom. The molecule has 26 heavy (non-hydrogen) atoms. The fraction of sp³-hybridized carbons (Fsp3) is 0.353. The molecule has 2 heterocycles. The molecule has 1 saturated heterocycles. The minimum atomic E-state index is -3.79. The van der Waals surface area contributed by atoms with Crippen molar-refractivity contribution in [1.29, 1.82) is 5.26 Å². The molecule has 1 aliphatic rings. The Labute approximate surface area is 151 Å². The fourth-order valence-corrected chi connectivity index (χ4v) is 3.87. The van der Waals surface area contributed by atoms with Crippen molar-refractivity contribution in [3.8, 4) is 6.07 Å². The van der Waals surface area contributed by atoms with Gasteiger partial charge in [0.25, 0.3) is 5.91 Å². The molecule has 0 aliphatic carbocycles. The predicted octanol–water partition coefficient (Wildman–Crippen LogP) is 1.53. The summed E-state index contributed by atoms with van der Waals surface area (Å²) in [6.45, 7) is 0.933. The summed E-state index contributed by atoms with van der Waals surface area (Å²) >= 11 is 0. The Kier molecular flexibility index (Phi) is 5.35. The maximum atomic E-state index is 12.7. The van der Waals surface area contributed by atoms with Crippen LogP contribution in [0.5, 0.6) is 0 Å². The third kappa shape index (κ3) is 4.09. The normalized spacial score (nSPS) is 17.7. The summed E-state index contributed by atoms with van der Waals surface area (Å²) in [4.78, 5) is 14.3. The van der Waals surface area contributed by atoms with Gasteiger partial charge in [0, 0.05) is 24.7 Å². The first-order valence-corrected chi connectivity index (χ1v) is 9.66. The molecule has 2 aromatic rings. The minimum Gasteiger partial charge on any atom is -0.364 e. The Balaban J connectivity index is 1.75. The second-order valence-electron chi connectivity index (χ2n) is 6.06. The number of nitrogens with one attached hydrogen (secondary N) is 1. The van der Waals surface area contributed by atoms with Crippen LogP contribution in [0.1, 0.15) is 28.9 Å². The maximum Gasteiger partial charge on any atom is 0.253 e. The van der Waals surface area contributed by atoms with Gasteiger partial charge in [-0.2, -0.15) is 5.26 Å². The number of hydrogen-bond donors (Lipinski definition) is 1. The van der Waals surface area contributed by atoms with Gasteiger partial charge in [0.05, 0.1) is 29.1 Å². The molecule has 3 rings (SSSR count). The average Bonchev–Trinajstić information content (AvgIpc) is 3.20. The van der Waals surface area contributed by atoms with Crippen molar-refractivity contribution in [3.05, 3.63) is 47.9 Å². The predicted molar refractivity (Wildman–Crippen MR) is 91.2 cm³/mol. The highest BCUT2D eigenvalue weighted by Gasteiger charge is 2.25. The topological polar surface area (TPSA) is 116 Å². The number of hydrogen-bond acceptors (Lipinski definition) is 6. The number of carbonyl (C=O) groups excluding carboxylic acids is 1. The Morgan fingerprint density at radius 3 is 3.00 bits per heavy atom. The van der Waals surface area contributed by atoms with Crippen LogP contribution < -0.4 is 4.72 Å². The third-order valence-corrected chi connectivity index (χ3v) is 5.62. The Hall–Kier alpha value is -2.70. The molecule has 0 bridgehead atoms. The lowest BCUT2D eigenvalue weighted by Gasteiger charge is -2.29. The quantitative estimate of drug-likeness (QED) is 0.848. The molecule has 1 atom stereocenters. The summed E-state index contributed by atoms with van der Waals surface area (Å²) in [5.41, 5.74) is 0.740. The second-order valence-corrected chi connectivity index (χ2v) is 7.83. The van der Waals surface area contributed by atoms with Gasteiger partial charge in [0.1, 0.15) is 6.26 Å². The van der Waals surface area contributed by atoms with E-state index in [0.29, 0.717) is 18.8 Å². The van der Waals surface area contributed by atoms with Crippen molar-refractivity contribution in [2.75, 3.05) is 13.1 Å². The zero-order valence-corrected chi connectivity index (χ0v) is 14.8. The molecular formula is C17H18N4O4S. The molecule has 1 aromatic heterocycles. The first kappa shape index (κ1) is 18.1. The summed E-state index contributed by atoms with van der Waals surface area (Å²) in [5, 5.41) is 12.7. The Bertz CT molecular complexity index is 918. The van der Waals surface area contributed by atoms with Gasteiger partial charge in [0.2, 0.25) is 10.0 Å². The number of likely N-dealkylation sites (tertiary alicyclic amines) is 1. The smallest absolute Gasteiger partial charge is 0.253 e. The number of nitriles is 1. The van der Waals surface area contributed by atoms with Gasteiger partial charge in [-0.3, -0.25) is 4.79 Å². The van der Waals surface area contributed by atoms with Crippen molar-refractivity contribution in [2.24, 2.45) is 5.92 Å². The minimum absolute atomic E-state index is 0.000637. The van der Waals surface area contributed by atoms with Gasteiger partial charge >= 0.3 is 0 Å². The van der Waals surface area contributed by atoms with E-state index in [9.17, 15) is 13.2 Å². The van der Waals surface area contributed by atoms with Crippen LogP contribution in [-0.4, -0.2) is 37.5 Å². The third-order valence-electron chi connectivity index (χ3n) is 4.22. The van der Waals surface area contributed by atoms with Crippen LogP contribution in [0, 0.1) is 17.2 Å². The SMILES string of the molecule is N#CC1CCCN(C(=O)c2cccc(S(=O)(=O)NCc3ccon3)c2)C1. The van der Waals surface area contributed by atoms with Crippen LogP contribution in [0.2, 0.25) is 0 Å². The van der Waals surface area contributed by atoms with Gasteiger partial charge in [0.15, 0.2) is 0 Å². The molecule has 0 saturated carbocycles. The summed E-state index contributed by atoms with van der Waals surface area (Å²) in [7, 11) is -3.79. The van der Waals surface area contributed by atoms with E-state index in [4.69, 9.17) is 5.26 Å². The van der Waals surface area contributed by atoms with E-state index in [-0.39, 0.29) is 28.8 Å². The maximum absolute atomic E-state index is 12.7. The van der Waals surface area contributed by atoms with E-state index in [1.165, 1.54) is 24.5 Å². The highest BCUT2D eigenvalue weighted by molar-refractivity contribution is 7.89. The number of rotatable bonds is 5. The fourth-order valence-electron chi connectivity index (χ4n) is 2.83. The monoisotopic (exact) mass is 374 g/mol. The largest absolute Gasteiger partial charge is 0.364 e. The summed E-state index contributed by atoms with van der Waals surface area (Å²) < 4.78 is 32.0. The van der Waals surface area contributed by atoms with Crippen LogP contribution in [0.3, 0.4) is 0 Å². The van der Waals surface area contributed by atoms with E-state index in [0.717, 1.165) is 12.8 Å². The van der Waals surface area contributed by atoms with E-state index in [2.05, 4.69) is 20.5 Å². The second kappa shape index (κ2) is 7.68. The van der Waals surface area contributed by atoms with Crippen molar-refractivity contribution >= 4 is 15.9 Å². The van der Waals surface area contributed by atoms with Crippen LogP contribution in [0.4, 0.5) is 0 Å². The van der Waals surface area contributed by atoms with Crippen molar-refractivity contribution in [1.82, 2.24) is 14.8 Å². The van der Waals surface area contributed by atoms with Gasteiger partial charge in [-0.25, -0.2) is 13.1 Å². The van der Waals surface area contributed by atoms with Crippen LogP contribution in [0.15, 0.2) is 46.0 Å². The zero-order valence-electron chi connectivity index (χ0n) is 14.0. The molecule has 1 amide bonds. The van der Waals surface area contributed by atoms with E-state index in [1.54, 1.807) is 17.0 Å². The van der Waals surface area contributed by atoms with Gasteiger partial charge in [-0.1, -0.05) is 11.2 Å². The van der Waals surface area contributed by atoms with Gasteiger partial charge in [-0.05, 0) is 31.0 Å². The zero-order chi connectivity index (χ0) is 18.6. The molecule has 1 aliphatic heterocycles. The van der Waals surface area contributed by atoms with Gasteiger partial charge in [-0.15, -0.1) is 0 Å². The number of carbonyl (C=O) groups is 1. The number of sulfonamides is 1. The van der Waals surface area contributed by atoms with Crippen molar-refractivity contribution < 1.29 is 17.7 Å². The number of amides is 1. The number of piperidine rings is 1. The first-order valence-electron chi connectivity index (χ1n) is 8.17. The van der Waals surface area contributed by atoms with Crippen molar-refractivity contribution in [3.63, 3.8) is 0 Å². The van der Waals surface area contributed by atoms with E-state index >= 15 is 0 Å². The van der Waals surface area contributed by atoms with Crippen LogP contribution >= 0.6 is 0 Å². The Morgan fingerprint density at radius 2 is 2.27 bits per heavy atom. The van der Waals surface area contributed by atoms with Crippen molar-refractivity contribution in [2.45, 2.75) is 24.3 Å². The summed E-state index contributed by atoms with van der Waals surface area (Å²) in [5.74, 6) is -0.442. The molecule has 1 N–H and O–H groups in total. The molecular weight excluding hydrogens is 356 g/mol. The molecule has 1 aromatic carbocycles. The number of benzene rings is 1. The number of aromatic nitrogens is 1. The summed E-state index contributed by atoms with van der Waals surface area (Å²) in [6.07, 6.45) is 2.90. The molecule has 9 heteroatoms. The molecule has 1 unspecified atom stereocenters. The lowest BCUT2D eigenvalue weighted by Crippen LogP contribution is -2.39. The van der Waals surface area contributed by atoms with E-state index < -0.39 is 10.0 Å². The molecule has 8 nitrogen and oxygen atoms in total. The molecule has 0 radical (unpaired) electrons. The summed E-state index contributed by atoms with van der Waals surface area (Å²) in [6, 6.07) is 9.64. The lowest BCUT2D eigenvalue weighted by molar-refractivity contribution is 0.0698. The van der Waals surface area contributed by atoms with Crippen LogP contribution in [0.25, 0.3) is 0 Å². The average molecular weight is 374 g/mol. The highest BCUT2D eigenvalue weighted by Crippen LogP contribution is 2.19. The standard InChI is InChI=1S/C17H18N4O4S/c18-10-13-3-2-7-21(12-13)17(22)14-4-1-5-16(9-14)26(23,24)19-11-15-6-8-25-20-15/h1,4-6,8-9,13,19H,2-3,7,11-12H2. The van der Waals surface area contributed by atoms with Gasteiger partial charge < -0.3 is 9.42 Å². The first-order chi connectivity index (χ1) is 12.5. The lowest BCUT2D eigenvalue weighted by atomic mass is 9.99. The highest BCUT2D eigenvalue weighted by atomic mass is 32.2. The molecule has 1 fully saturated rings.